The topological polar surface area (TPSA) is 113 Å². The molecule has 0 radical (unpaired) electrons. The number of ether oxygens (including phenoxy) is 1. The molecule has 0 unspecified atom stereocenters. The summed E-state index contributed by atoms with van der Waals surface area (Å²) in [4.78, 5) is 34.4. The zero-order chi connectivity index (χ0) is 16.2. The minimum absolute atomic E-state index is 0.191. The summed E-state index contributed by atoms with van der Waals surface area (Å²) in [6, 6.07) is 0. The van der Waals surface area contributed by atoms with E-state index in [2.05, 4.69) is 5.32 Å². The normalized spacial score (nSPS) is 37.5. The average molecular weight is 303 g/mol. The highest BCUT2D eigenvalue weighted by Crippen LogP contribution is 2.63. The second-order valence-electron chi connectivity index (χ2n) is 6.56. The summed E-state index contributed by atoms with van der Waals surface area (Å²) < 4.78 is 19.1. The van der Waals surface area contributed by atoms with E-state index in [1.54, 1.807) is 20.8 Å². The molecule has 2 aliphatic rings. The second kappa shape index (κ2) is 4.57. The summed E-state index contributed by atoms with van der Waals surface area (Å²) in [6.07, 6.45) is -3.10. The number of nitrogens with one attached hydrogen (secondary N) is 1. The number of amides is 1. The minimum Gasteiger partial charge on any atom is -0.481 e. The first-order chi connectivity index (χ1) is 9.50. The number of carbonyl (C=O) groups excluding carboxylic acids is 1. The van der Waals surface area contributed by atoms with Gasteiger partial charge in [-0.3, -0.25) is 4.79 Å². The highest BCUT2D eigenvalue weighted by Gasteiger charge is 2.76. The van der Waals surface area contributed by atoms with Gasteiger partial charge in [0.05, 0.1) is 5.92 Å². The molecule has 0 spiro atoms. The van der Waals surface area contributed by atoms with Crippen molar-refractivity contribution in [3.63, 3.8) is 0 Å². The molecule has 3 N–H and O–H groups in total. The van der Waals surface area contributed by atoms with Gasteiger partial charge in [-0.2, -0.15) is 0 Å². The predicted octanol–water partition coefficient (Wildman–Crippen LogP) is 1.02. The van der Waals surface area contributed by atoms with Gasteiger partial charge in [-0.05, 0) is 33.1 Å². The van der Waals surface area contributed by atoms with Crippen LogP contribution in [0, 0.1) is 17.8 Å². The fourth-order valence-corrected chi connectivity index (χ4v) is 3.22. The van der Waals surface area contributed by atoms with Crippen LogP contribution < -0.4 is 5.32 Å². The number of halogens is 1. The van der Waals surface area contributed by atoms with E-state index in [9.17, 15) is 23.9 Å². The van der Waals surface area contributed by atoms with E-state index in [0.29, 0.717) is 0 Å². The molecule has 2 aliphatic carbocycles. The fourth-order valence-electron chi connectivity index (χ4n) is 3.22. The maximum atomic E-state index is 14.2. The maximum absolute atomic E-state index is 14.2. The van der Waals surface area contributed by atoms with Gasteiger partial charge < -0.3 is 20.3 Å². The number of rotatable bonds is 3. The van der Waals surface area contributed by atoms with E-state index in [-0.39, 0.29) is 6.42 Å². The zero-order valence-electron chi connectivity index (χ0n) is 11.9. The lowest BCUT2D eigenvalue weighted by Gasteiger charge is -2.32. The molecule has 21 heavy (non-hydrogen) atoms. The zero-order valence-corrected chi connectivity index (χ0v) is 11.9. The number of alkyl carbamates (subject to hydrolysis) is 1. The molecule has 1 amide bonds. The van der Waals surface area contributed by atoms with Crippen LogP contribution in [-0.4, -0.2) is 45.6 Å². The van der Waals surface area contributed by atoms with Crippen molar-refractivity contribution >= 4 is 18.0 Å². The number of hydrogen-bond acceptors (Lipinski definition) is 4. The van der Waals surface area contributed by atoms with Crippen LogP contribution in [0.2, 0.25) is 0 Å². The number of alkyl halides is 1. The lowest BCUT2D eigenvalue weighted by molar-refractivity contribution is -0.149. The first-order valence-corrected chi connectivity index (χ1v) is 6.62. The number of carboxylic acids is 2. The lowest BCUT2D eigenvalue weighted by atomic mass is 9.89. The van der Waals surface area contributed by atoms with Gasteiger partial charge >= 0.3 is 18.0 Å². The van der Waals surface area contributed by atoms with Crippen LogP contribution >= 0.6 is 0 Å². The van der Waals surface area contributed by atoms with Gasteiger partial charge in [0.25, 0.3) is 0 Å². The Hall–Kier alpha value is -1.86. The van der Waals surface area contributed by atoms with E-state index < -0.39 is 53.1 Å². The summed E-state index contributed by atoms with van der Waals surface area (Å²) >= 11 is 0. The van der Waals surface area contributed by atoms with Gasteiger partial charge in [-0.25, -0.2) is 14.0 Å². The minimum atomic E-state index is -2.23. The van der Waals surface area contributed by atoms with E-state index in [4.69, 9.17) is 9.84 Å². The first-order valence-electron chi connectivity index (χ1n) is 6.62. The molecule has 0 bridgehead atoms. The molecule has 2 fully saturated rings. The number of hydrogen-bond donors (Lipinski definition) is 3. The van der Waals surface area contributed by atoms with Gasteiger partial charge in [0.15, 0.2) is 5.54 Å². The Bertz CT molecular complexity index is 501. The molecule has 0 aliphatic heterocycles. The molecule has 7 nitrogen and oxygen atoms in total. The van der Waals surface area contributed by atoms with Crippen LogP contribution in [0.5, 0.6) is 0 Å². The lowest BCUT2D eigenvalue weighted by Crippen LogP contribution is -2.62. The Morgan fingerprint density at radius 2 is 1.86 bits per heavy atom. The molecule has 0 aromatic heterocycles. The Kier molecular flexibility index (Phi) is 3.38. The number of fused-ring (bicyclic) bond motifs is 1. The Morgan fingerprint density at radius 3 is 2.29 bits per heavy atom. The molecule has 0 aromatic carbocycles. The fraction of sp³-hybridized carbons (Fsp3) is 0.769. The van der Waals surface area contributed by atoms with E-state index in [1.807, 2.05) is 0 Å². The van der Waals surface area contributed by atoms with E-state index in [0.717, 1.165) is 0 Å². The van der Waals surface area contributed by atoms with Crippen molar-refractivity contribution in [2.75, 3.05) is 0 Å². The van der Waals surface area contributed by atoms with Crippen molar-refractivity contribution in [2.45, 2.75) is 44.5 Å². The van der Waals surface area contributed by atoms with Crippen molar-refractivity contribution in [3.05, 3.63) is 0 Å². The Morgan fingerprint density at radius 1 is 1.29 bits per heavy atom. The Labute approximate surface area is 120 Å². The highest BCUT2D eigenvalue weighted by atomic mass is 19.1. The number of carbonyl (C=O) groups is 3. The third kappa shape index (κ3) is 2.43. The Balaban J connectivity index is 2.23. The van der Waals surface area contributed by atoms with Gasteiger partial charge in [-0.15, -0.1) is 0 Å². The summed E-state index contributed by atoms with van der Waals surface area (Å²) in [5, 5.41) is 20.5. The number of carboxylic acid groups (broad SMARTS) is 2. The molecule has 5 atom stereocenters. The van der Waals surface area contributed by atoms with E-state index in [1.165, 1.54) is 0 Å². The largest absolute Gasteiger partial charge is 0.481 e. The smallest absolute Gasteiger partial charge is 0.408 e. The van der Waals surface area contributed by atoms with Crippen LogP contribution in [-0.2, 0) is 14.3 Å². The third-order valence-electron chi connectivity index (χ3n) is 4.01. The van der Waals surface area contributed by atoms with E-state index >= 15 is 0 Å². The SMILES string of the molecule is CC(C)(C)OC(=O)N[C@]1(C(=O)O)[C@H]2[C@@H](C[C@@H]1F)[C@@H]2C(=O)O. The van der Waals surface area contributed by atoms with Crippen molar-refractivity contribution in [2.24, 2.45) is 17.8 Å². The first kappa shape index (κ1) is 15.5. The number of aliphatic carboxylic acids is 2. The molecule has 2 saturated carbocycles. The van der Waals surface area contributed by atoms with Crippen LogP contribution in [0.25, 0.3) is 0 Å². The molecule has 0 aromatic rings. The standard InChI is InChI=1S/C13H18FNO6/c1-12(2,3)21-11(20)15-13(10(18)19)6(14)4-5-7(8(5)13)9(16)17/h5-8H,4H2,1-3H3,(H,15,20)(H,16,17)(H,18,19)/t5-,6-,7-,8-,13-/m0/s1. The molecular formula is C13H18FNO6. The molecular weight excluding hydrogens is 285 g/mol. The summed E-state index contributed by atoms with van der Waals surface area (Å²) in [7, 11) is 0. The van der Waals surface area contributed by atoms with Gasteiger partial charge in [0.1, 0.15) is 11.8 Å². The molecule has 2 rings (SSSR count). The van der Waals surface area contributed by atoms with Crippen molar-refractivity contribution in [1.82, 2.24) is 5.32 Å². The van der Waals surface area contributed by atoms with Crippen LogP contribution in [0.15, 0.2) is 0 Å². The van der Waals surface area contributed by atoms with Gasteiger partial charge in [0.2, 0.25) is 0 Å². The summed E-state index contributed by atoms with van der Waals surface area (Å²) in [5.74, 6) is -5.20. The van der Waals surface area contributed by atoms with Crippen molar-refractivity contribution in [3.8, 4) is 0 Å². The van der Waals surface area contributed by atoms with Crippen LogP contribution in [0.3, 0.4) is 0 Å². The van der Waals surface area contributed by atoms with Crippen molar-refractivity contribution < 1.29 is 33.7 Å². The molecule has 8 heteroatoms. The highest BCUT2D eigenvalue weighted by molar-refractivity contribution is 5.90. The van der Waals surface area contributed by atoms with Gasteiger partial charge in [-0.1, -0.05) is 0 Å². The average Bonchev–Trinajstić information content (AvgIpc) is 2.90. The third-order valence-corrected chi connectivity index (χ3v) is 4.01. The quantitative estimate of drug-likeness (QED) is 0.717. The summed E-state index contributed by atoms with van der Waals surface area (Å²) in [6.45, 7) is 4.75. The van der Waals surface area contributed by atoms with Crippen LogP contribution in [0.1, 0.15) is 27.2 Å². The summed E-state index contributed by atoms with van der Waals surface area (Å²) in [5.41, 5.74) is -3.10. The predicted molar refractivity (Wildman–Crippen MR) is 67.4 cm³/mol. The maximum Gasteiger partial charge on any atom is 0.408 e. The van der Waals surface area contributed by atoms with Crippen molar-refractivity contribution in [1.29, 1.82) is 0 Å². The second-order valence-corrected chi connectivity index (χ2v) is 6.56. The molecule has 0 saturated heterocycles. The molecule has 118 valence electrons. The molecule has 0 heterocycles. The van der Waals surface area contributed by atoms with Gasteiger partial charge in [0, 0.05) is 5.92 Å². The monoisotopic (exact) mass is 303 g/mol. The van der Waals surface area contributed by atoms with Crippen LogP contribution in [0.4, 0.5) is 9.18 Å².